The van der Waals surface area contributed by atoms with Crippen LogP contribution >= 0.6 is 0 Å². The summed E-state index contributed by atoms with van der Waals surface area (Å²) in [6.45, 7) is 2.10. The molecule has 27 heavy (non-hydrogen) atoms. The van der Waals surface area contributed by atoms with Gasteiger partial charge in [-0.15, -0.1) is 0 Å². The highest BCUT2D eigenvalue weighted by Crippen LogP contribution is 2.04. The Morgan fingerprint density at radius 1 is 0.778 bits per heavy atom. The first-order valence-corrected chi connectivity index (χ1v) is 9.55. The van der Waals surface area contributed by atoms with E-state index in [9.17, 15) is 19.2 Å². The number of carbonyl (C=O) groups is 4. The highest BCUT2D eigenvalue weighted by Gasteiger charge is 2.23. The number of carbonyl (C=O) groups excluding carboxylic acids is 4. The summed E-state index contributed by atoms with van der Waals surface area (Å²) in [5, 5.41) is 5.65. The van der Waals surface area contributed by atoms with Crippen molar-refractivity contribution >= 4 is 23.6 Å². The summed E-state index contributed by atoms with van der Waals surface area (Å²) in [5.74, 6) is 4.29. The molecule has 9 nitrogen and oxygen atoms in total. The third-order valence-corrected chi connectivity index (χ3v) is 4.19. The number of hydrazine groups is 1. The van der Waals surface area contributed by atoms with Crippen molar-refractivity contribution in [2.75, 3.05) is 26.2 Å². The average molecular weight is 381 g/mol. The molecule has 0 fully saturated rings. The minimum Gasteiger partial charge on any atom is -0.356 e. The van der Waals surface area contributed by atoms with Crippen molar-refractivity contribution in [2.24, 2.45) is 5.84 Å². The average Bonchev–Trinajstić information content (AvgIpc) is 2.97. The SMILES string of the molecule is NNCCCCCNC(=O)CCCCCNC(=O)CCN1C(=O)C=CC1=O. The summed E-state index contributed by atoms with van der Waals surface area (Å²) in [6, 6.07) is 0. The second-order valence-electron chi connectivity index (χ2n) is 6.44. The molecule has 0 aromatic carbocycles. The number of amides is 4. The van der Waals surface area contributed by atoms with E-state index in [-0.39, 0.29) is 36.6 Å². The number of nitrogens with two attached hydrogens (primary N) is 1. The van der Waals surface area contributed by atoms with Crippen LogP contribution in [0.5, 0.6) is 0 Å². The van der Waals surface area contributed by atoms with Crippen LogP contribution in [0.15, 0.2) is 12.2 Å². The zero-order chi connectivity index (χ0) is 19.9. The lowest BCUT2D eigenvalue weighted by Crippen LogP contribution is -2.34. The zero-order valence-corrected chi connectivity index (χ0v) is 15.8. The molecule has 0 spiro atoms. The van der Waals surface area contributed by atoms with Crippen LogP contribution < -0.4 is 21.9 Å². The number of nitrogens with one attached hydrogen (secondary N) is 3. The molecule has 0 saturated carbocycles. The van der Waals surface area contributed by atoms with Gasteiger partial charge in [0.25, 0.3) is 11.8 Å². The summed E-state index contributed by atoms with van der Waals surface area (Å²) >= 11 is 0. The fourth-order valence-corrected chi connectivity index (χ4v) is 2.61. The standard InChI is InChI=1S/C18H31N5O4/c19-22-13-6-2-5-12-20-15(24)7-3-1-4-11-21-16(25)10-14-23-17(26)8-9-18(23)27/h8-9,22H,1-7,10-14,19H2,(H,20,24)(H,21,25). The zero-order valence-electron chi connectivity index (χ0n) is 15.8. The fourth-order valence-electron chi connectivity index (χ4n) is 2.61. The van der Waals surface area contributed by atoms with Crippen molar-refractivity contribution in [3.05, 3.63) is 12.2 Å². The van der Waals surface area contributed by atoms with E-state index in [0.29, 0.717) is 19.5 Å². The molecular formula is C18H31N5O4. The van der Waals surface area contributed by atoms with Crippen molar-refractivity contribution < 1.29 is 19.2 Å². The van der Waals surface area contributed by atoms with Crippen LogP contribution in [0.3, 0.4) is 0 Å². The highest BCUT2D eigenvalue weighted by atomic mass is 16.2. The van der Waals surface area contributed by atoms with E-state index in [1.165, 1.54) is 12.2 Å². The first-order chi connectivity index (χ1) is 13.0. The highest BCUT2D eigenvalue weighted by molar-refractivity contribution is 6.13. The van der Waals surface area contributed by atoms with Gasteiger partial charge in [-0.2, -0.15) is 0 Å². The second-order valence-corrected chi connectivity index (χ2v) is 6.44. The Bertz CT molecular complexity index is 518. The Balaban J connectivity index is 1.91. The smallest absolute Gasteiger partial charge is 0.253 e. The van der Waals surface area contributed by atoms with E-state index in [1.54, 1.807) is 0 Å². The molecule has 0 unspecified atom stereocenters. The molecule has 5 N–H and O–H groups in total. The van der Waals surface area contributed by atoms with Crippen LogP contribution in [0.1, 0.15) is 51.4 Å². The molecule has 1 aliphatic rings. The Morgan fingerprint density at radius 2 is 1.30 bits per heavy atom. The molecule has 152 valence electrons. The molecule has 1 aliphatic heterocycles. The monoisotopic (exact) mass is 381 g/mol. The Hall–Kier alpha value is -2.26. The van der Waals surface area contributed by atoms with E-state index in [4.69, 9.17) is 5.84 Å². The van der Waals surface area contributed by atoms with Gasteiger partial charge in [0.15, 0.2) is 0 Å². The van der Waals surface area contributed by atoms with E-state index in [2.05, 4.69) is 16.1 Å². The molecule has 9 heteroatoms. The quantitative estimate of drug-likeness (QED) is 0.134. The Morgan fingerprint density at radius 3 is 1.89 bits per heavy atom. The van der Waals surface area contributed by atoms with Crippen molar-refractivity contribution in [1.82, 2.24) is 21.0 Å². The lowest BCUT2D eigenvalue weighted by molar-refractivity contribution is -0.137. The molecule has 1 rings (SSSR count). The fraction of sp³-hybridized carbons (Fsp3) is 0.667. The Kier molecular flexibility index (Phi) is 11.7. The van der Waals surface area contributed by atoms with Crippen molar-refractivity contribution in [1.29, 1.82) is 0 Å². The van der Waals surface area contributed by atoms with Gasteiger partial charge < -0.3 is 10.6 Å². The third-order valence-electron chi connectivity index (χ3n) is 4.19. The van der Waals surface area contributed by atoms with Gasteiger partial charge in [-0.3, -0.25) is 35.3 Å². The van der Waals surface area contributed by atoms with Crippen LogP contribution in [0.25, 0.3) is 0 Å². The van der Waals surface area contributed by atoms with E-state index < -0.39 is 0 Å². The van der Waals surface area contributed by atoms with Crippen molar-refractivity contribution in [3.8, 4) is 0 Å². The normalized spacial score (nSPS) is 13.3. The maximum absolute atomic E-state index is 11.7. The van der Waals surface area contributed by atoms with Crippen LogP contribution in [-0.2, 0) is 19.2 Å². The topological polar surface area (TPSA) is 134 Å². The van der Waals surface area contributed by atoms with Crippen LogP contribution in [-0.4, -0.2) is 54.7 Å². The van der Waals surface area contributed by atoms with Gasteiger partial charge in [-0.05, 0) is 25.7 Å². The molecule has 0 saturated heterocycles. The molecule has 0 radical (unpaired) electrons. The predicted octanol–water partition coefficient (Wildman–Crippen LogP) is -0.272. The van der Waals surface area contributed by atoms with E-state index in [0.717, 1.165) is 50.0 Å². The summed E-state index contributed by atoms with van der Waals surface area (Å²) < 4.78 is 0. The minimum atomic E-state index is -0.376. The second kappa shape index (κ2) is 13.9. The van der Waals surface area contributed by atoms with Gasteiger partial charge in [0.2, 0.25) is 11.8 Å². The summed E-state index contributed by atoms with van der Waals surface area (Å²) in [4.78, 5) is 47.1. The van der Waals surface area contributed by atoms with Gasteiger partial charge >= 0.3 is 0 Å². The maximum Gasteiger partial charge on any atom is 0.253 e. The van der Waals surface area contributed by atoms with Gasteiger partial charge in [-0.25, -0.2) is 0 Å². The lowest BCUT2D eigenvalue weighted by atomic mass is 10.2. The summed E-state index contributed by atoms with van der Waals surface area (Å²) in [6.07, 6.45) is 8.39. The number of nitrogens with zero attached hydrogens (tertiary/aromatic N) is 1. The molecular weight excluding hydrogens is 350 g/mol. The van der Waals surface area contributed by atoms with Crippen LogP contribution in [0, 0.1) is 0 Å². The van der Waals surface area contributed by atoms with Gasteiger partial charge in [0.05, 0.1) is 0 Å². The van der Waals surface area contributed by atoms with Crippen molar-refractivity contribution in [2.45, 2.75) is 51.4 Å². The molecule has 0 aromatic heterocycles. The number of unbranched alkanes of at least 4 members (excludes halogenated alkanes) is 4. The number of hydrogen-bond donors (Lipinski definition) is 4. The first-order valence-electron chi connectivity index (χ1n) is 9.55. The van der Waals surface area contributed by atoms with Crippen LogP contribution in [0.2, 0.25) is 0 Å². The molecule has 4 amide bonds. The van der Waals surface area contributed by atoms with Gasteiger partial charge in [0, 0.05) is 51.2 Å². The van der Waals surface area contributed by atoms with Crippen molar-refractivity contribution in [3.63, 3.8) is 0 Å². The first kappa shape index (κ1) is 22.8. The molecule has 0 atom stereocenters. The molecule has 0 bridgehead atoms. The largest absolute Gasteiger partial charge is 0.356 e. The van der Waals surface area contributed by atoms with E-state index in [1.807, 2.05) is 0 Å². The summed E-state index contributed by atoms with van der Waals surface area (Å²) in [7, 11) is 0. The molecule has 0 aromatic rings. The van der Waals surface area contributed by atoms with Crippen LogP contribution in [0.4, 0.5) is 0 Å². The minimum absolute atomic E-state index is 0.0598. The van der Waals surface area contributed by atoms with Gasteiger partial charge in [-0.1, -0.05) is 12.8 Å². The number of hydrogen-bond acceptors (Lipinski definition) is 6. The Labute approximate surface area is 160 Å². The van der Waals surface area contributed by atoms with E-state index >= 15 is 0 Å². The number of rotatable bonds is 15. The lowest BCUT2D eigenvalue weighted by Gasteiger charge is -2.13. The summed E-state index contributed by atoms with van der Waals surface area (Å²) in [5.41, 5.74) is 2.60. The molecule has 0 aliphatic carbocycles. The number of imide groups is 1. The maximum atomic E-state index is 11.7. The predicted molar refractivity (Wildman–Crippen MR) is 101 cm³/mol. The van der Waals surface area contributed by atoms with Gasteiger partial charge in [0.1, 0.15) is 0 Å². The molecule has 1 heterocycles. The third kappa shape index (κ3) is 10.5.